The summed E-state index contributed by atoms with van der Waals surface area (Å²) >= 11 is 6.61. The Hall–Kier alpha value is -0.790. The van der Waals surface area contributed by atoms with Crippen molar-refractivity contribution in [3.05, 3.63) is 21.3 Å². The monoisotopic (exact) mass is 273 g/mol. The molecular weight excluding hydrogens is 267 g/mol. The van der Waals surface area contributed by atoms with Crippen LogP contribution in [0, 0.1) is 0 Å². The summed E-state index contributed by atoms with van der Waals surface area (Å²) in [5, 5.41) is 12.3. The minimum Gasteiger partial charge on any atom is -0.382 e. The zero-order valence-corrected chi connectivity index (χ0v) is 9.29. The second-order valence-electron chi connectivity index (χ2n) is 2.87. The number of hydrogen-bond donors (Lipinski definition) is 2. The summed E-state index contributed by atoms with van der Waals surface area (Å²) < 4.78 is 35.7. The van der Waals surface area contributed by atoms with Gasteiger partial charge in [-0.1, -0.05) is 11.6 Å². The molecule has 2 N–H and O–H groups in total. The quantitative estimate of drug-likeness (QED) is 0.886. The number of aliphatic hydroxyl groups excluding tert-OH is 1. The molecule has 0 fully saturated rings. The highest BCUT2D eigenvalue weighted by atomic mass is 35.5. The molecule has 0 aromatic carbocycles. The highest BCUT2D eigenvalue weighted by Crippen LogP contribution is 2.22. The van der Waals surface area contributed by atoms with Crippen molar-refractivity contribution in [1.29, 1.82) is 0 Å². The maximum absolute atomic E-state index is 11.9. The first-order chi connectivity index (χ1) is 7.32. The molecule has 0 aliphatic heterocycles. The zero-order chi connectivity index (χ0) is 12.3. The Bertz CT molecular complexity index is 380. The van der Waals surface area contributed by atoms with Gasteiger partial charge in [-0.15, -0.1) is 11.3 Å². The Morgan fingerprint density at radius 2 is 2.25 bits per heavy atom. The molecule has 0 aliphatic rings. The summed E-state index contributed by atoms with van der Waals surface area (Å²) in [5.74, 6) is -0.733. The van der Waals surface area contributed by atoms with Crippen LogP contribution in [0.5, 0.6) is 0 Å². The highest BCUT2D eigenvalue weighted by molar-refractivity contribution is 7.12. The smallest absolute Gasteiger partial charge is 0.382 e. The van der Waals surface area contributed by atoms with Gasteiger partial charge >= 0.3 is 6.18 Å². The number of alkyl halides is 3. The lowest BCUT2D eigenvalue weighted by atomic mass is 10.3. The van der Waals surface area contributed by atoms with Crippen LogP contribution in [0.15, 0.2) is 11.4 Å². The van der Waals surface area contributed by atoms with E-state index in [0.717, 1.165) is 11.3 Å². The van der Waals surface area contributed by atoms with E-state index in [-0.39, 0.29) is 9.90 Å². The summed E-state index contributed by atoms with van der Waals surface area (Å²) in [6.45, 7) is -0.892. The summed E-state index contributed by atoms with van der Waals surface area (Å²) in [7, 11) is 0. The molecule has 0 aliphatic carbocycles. The predicted molar refractivity (Wildman–Crippen MR) is 53.7 cm³/mol. The second-order valence-corrected chi connectivity index (χ2v) is 4.19. The average Bonchev–Trinajstić information content (AvgIpc) is 2.58. The van der Waals surface area contributed by atoms with Gasteiger partial charge < -0.3 is 10.4 Å². The molecule has 90 valence electrons. The number of nitrogens with one attached hydrogen (secondary N) is 1. The molecule has 1 unspecified atom stereocenters. The normalized spacial score (nSPS) is 13.6. The first-order valence-electron chi connectivity index (χ1n) is 4.08. The third kappa shape index (κ3) is 3.36. The van der Waals surface area contributed by atoms with Crippen LogP contribution in [0.2, 0.25) is 5.02 Å². The van der Waals surface area contributed by atoms with Crippen molar-refractivity contribution in [2.75, 3.05) is 6.54 Å². The van der Waals surface area contributed by atoms with Crippen LogP contribution in [0.3, 0.4) is 0 Å². The maximum Gasteiger partial charge on any atom is 0.416 e. The summed E-state index contributed by atoms with van der Waals surface area (Å²) in [4.78, 5) is 11.4. The Morgan fingerprint density at radius 1 is 1.62 bits per heavy atom. The molecule has 1 amide bonds. The average molecular weight is 274 g/mol. The van der Waals surface area contributed by atoms with Crippen molar-refractivity contribution < 1.29 is 23.1 Å². The van der Waals surface area contributed by atoms with E-state index >= 15 is 0 Å². The topological polar surface area (TPSA) is 49.3 Å². The number of halogens is 4. The predicted octanol–water partition coefficient (Wildman–Crippen LogP) is 2.05. The number of thiophene rings is 1. The Morgan fingerprint density at radius 3 is 2.69 bits per heavy atom. The van der Waals surface area contributed by atoms with Gasteiger partial charge in [0.2, 0.25) is 0 Å². The van der Waals surface area contributed by atoms with E-state index in [1.807, 2.05) is 5.32 Å². The summed E-state index contributed by atoms with van der Waals surface area (Å²) in [5.41, 5.74) is 0. The molecule has 1 aromatic rings. The number of aliphatic hydroxyl groups is 1. The van der Waals surface area contributed by atoms with Gasteiger partial charge in [-0.05, 0) is 11.4 Å². The van der Waals surface area contributed by atoms with Gasteiger partial charge in [0.25, 0.3) is 5.91 Å². The maximum atomic E-state index is 11.9. The summed E-state index contributed by atoms with van der Waals surface area (Å²) in [6.07, 6.45) is -7.32. The molecular formula is C8H7ClF3NO2S. The molecule has 0 bridgehead atoms. The van der Waals surface area contributed by atoms with E-state index in [9.17, 15) is 18.0 Å². The van der Waals surface area contributed by atoms with Gasteiger partial charge in [0, 0.05) is 0 Å². The van der Waals surface area contributed by atoms with Gasteiger partial charge in [-0.25, -0.2) is 0 Å². The number of amides is 1. The van der Waals surface area contributed by atoms with Gasteiger partial charge in [-0.3, -0.25) is 4.79 Å². The third-order valence-corrected chi connectivity index (χ3v) is 3.00. The van der Waals surface area contributed by atoms with Gasteiger partial charge in [-0.2, -0.15) is 13.2 Å². The van der Waals surface area contributed by atoms with Gasteiger partial charge in [0.1, 0.15) is 4.88 Å². The third-order valence-electron chi connectivity index (χ3n) is 1.66. The lowest BCUT2D eigenvalue weighted by Gasteiger charge is -2.14. The van der Waals surface area contributed by atoms with Crippen molar-refractivity contribution in [2.45, 2.75) is 12.3 Å². The van der Waals surface area contributed by atoms with Crippen molar-refractivity contribution in [3.63, 3.8) is 0 Å². The van der Waals surface area contributed by atoms with Gasteiger partial charge in [0.15, 0.2) is 6.10 Å². The van der Waals surface area contributed by atoms with Crippen molar-refractivity contribution >= 4 is 28.8 Å². The number of carbonyl (C=O) groups excluding carboxylic acids is 1. The van der Waals surface area contributed by atoms with E-state index in [1.165, 1.54) is 11.4 Å². The molecule has 0 radical (unpaired) electrons. The van der Waals surface area contributed by atoms with E-state index in [4.69, 9.17) is 16.7 Å². The molecule has 1 heterocycles. The van der Waals surface area contributed by atoms with E-state index in [0.29, 0.717) is 0 Å². The molecule has 1 rings (SSSR count). The first kappa shape index (κ1) is 13.3. The van der Waals surface area contributed by atoms with Crippen LogP contribution < -0.4 is 5.32 Å². The number of rotatable bonds is 3. The van der Waals surface area contributed by atoms with Gasteiger partial charge in [0.05, 0.1) is 11.6 Å². The molecule has 8 heteroatoms. The zero-order valence-electron chi connectivity index (χ0n) is 7.71. The Kier molecular flexibility index (Phi) is 4.17. The molecule has 1 atom stereocenters. The van der Waals surface area contributed by atoms with Crippen LogP contribution in [-0.2, 0) is 0 Å². The van der Waals surface area contributed by atoms with Crippen LogP contribution in [0.25, 0.3) is 0 Å². The lowest BCUT2D eigenvalue weighted by Crippen LogP contribution is -2.40. The highest BCUT2D eigenvalue weighted by Gasteiger charge is 2.38. The van der Waals surface area contributed by atoms with E-state index < -0.39 is 24.7 Å². The second kappa shape index (κ2) is 5.03. The first-order valence-corrected chi connectivity index (χ1v) is 5.34. The Labute approximate surface area is 97.8 Å². The molecule has 3 nitrogen and oxygen atoms in total. The molecule has 0 saturated heterocycles. The minimum absolute atomic E-state index is 0.121. The van der Waals surface area contributed by atoms with Crippen LogP contribution in [0.1, 0.15) is 9.67 Å². The van der Waals surface area contributed by atoms with E-state index in [2.05, 4.69) is 0 Å². The van der Waals surface area contributed by atoms with Crippen molar-refractivity contribution in [3.8, 4) is 0 Å². The fraction of sp³-hybridized carbons (Fsp3) is 0.375. The number of carbonyl (C=O) groups is 1. The minimum atomic E-state index is -4.74. The van der Waals surface area contributed by atoms with Crippen LogP contribution in [-0.4, -0.2) is 29.8 Å². The fourth-order valence-corrected chi connectivity index (χ4v) is 1.90. The SMILES string of the molecule is O=C(NCC(O)C(F)(F)F)c1sccc1Cl. The fourth-order valence-electron chi connectivity index (χ4n) is 0.841. The van der Waals surface area contributed by atoms with E-state index in [1.54, 1.807) is 0 Å². The lowest BCUT2D eigenvalue weighted by molar-refractivity contribution is -0.201. The number of hydrogen-bond acceptors (Lipinski definition) is 3. The van der Waals surface area contributed by atoms with Crippen LogP contribution >= 0.6 is 22.9 Å². The molecule has 1 aromatic heterocycles. The standard InChI is InChI=1S/C8H7ClF3NO2S/c9-4-1-2-16-6(4)7(15)13-3-5(14)8(10,11)12/h1-2,5,14H,3H2,(H,13,15). The molecule has 0 saturated carbocycles. The largest absolute Gasteiger partial charge is 0.416 e. The molecule has 16 heavy (non-hydrogen) atoms. The van der Waals surface area contributed by atoms with Crippen molar-refractivity contribution in [1.82, 2.24) is 5.32 Å². The van der Waals surface area contributed by atoms with Crippen molar-refractivity contribution in [2.24, 2.45) is 0 Å². The molecule has 0 spiro atoms. The Balaban J connectivity index is 2.52. The van der Waals surface area contributed by atoms with Crippen LogP contribution in [0.4, 0.5) is 13.2 Å². The summed E-state index contributed by atoms with van der Waals surface area (Å²) in [6, 6.07) is 1.46.